The third kappa shape index (κ3) is 4.62. The molecule has 1 aromatic carbocycles. The summed E-state index contributed by atoms with van der Waals surface area (Å²) in [7, 11) is 3.48. The molecule has 0 spiro atoms. The van der Waals surface area contributed by atoms with Gasteiger partial charge < -0.3 is 14.5 Å². The van der Waals surface area contributed by atoms with Crippen LogP contribution in [0.2, 0.25) is 0 Å². The molecule has 1 saturated heterocycles. The monoisotopic (exact) mass is 368 g/mol. The molecular formula is C20H24N4O3. The van der Waals surface area contributed by atoms with Crippen molar-refractivity contribution in [2.75, 3.05) is 45.2 Å². The van der Waals surface area contributed by atoms with Crippen LogP contribution in [-0.2, 0) is 16.1 Å². The summed E-state index contributed by atoms with van der Waals surface area (Å²) in [5, 5.41) is 0. The van der Waals surface area contributed by atoms with E-state index in [4.69, 9.17) is 4.74 Å². The number of methoxy groups -OCH3 is 1. The highest BCUT2D eigenvalue weighted by Crippen LogP contribution is 2.28. The number of carbonyl (C=O) groups is 2. The van der Waals surface area contributed by atoms with Gasteiger partial charge in [-0.2, -0.15) is 0 Å². The van der Waals surface area contributed by atoms with E-state index in [1.54, 1.807) is 29.3 Å². The summed E-state index contributed by atoms with van der Waals surface area (Å²) in [6.45, 7) is 1.97. The van der Waals surface area contributed by atoms with E-state index in [1.165, 1.54) is 0 Å². The zero-order valence-electron chi connectivity index (χ0n) is 15.7. The fraction of sp³-hybridized carbons (Fsp3) is 0.350. The van der Waals surface area contributed by atoms with E-state index in [9.17, 15) is 9.59 Å². The van der Waals surface area contributed by atoms with Gasteiger partial charge in [-0.1, -0.05) is 12.1 Å². The minimum absolute atomic E-state index is 0.0421. The molecule has 2 aromatic rings. The van der Waals surface area contributed by atoms with Gasteiger partial charge in [-0.25, -0.2) is 0 Å². The summed E-state index contributed by atoms with van der Waals surface area (Å²) in [6.07, 6.45) is 3.47. The molecule has 27 heavy (non-hydrogen) atoms. The number of benzene rings is 1. The number of hydrogen-bond donors (Lipinski definition) is 0. The Kier molecular flexibility index (Phi) is 6.03. The molecule has 1 aliphatic rings. The Labute approximate surface area is 159 Å². The lowest BCUT2D eigenvalue weighted by Crippen LogP contribution is -2.54. The first-order valence-electron chi connectivity index (χ1n) is 8.87. The van der Waals surface area contributed by atoms with Gasteiger partial charge in [-0.3, -0.25) is 19.5 Å². The molecule has 7 nitrogen and oxygen atoms in total. The van der Waals surface area contributed by atoms with Gasteiger partial charge in [0, 0.05) is 32.0 Å². The van der Waals surface area contributed by atoms with Crippen LogP contribution in [0.25, 0.3) is 0 Å². The lowest BCUT2D eigenvalue weighted by molar-refractivity contribution is -0.137. The van der Waals surface area contributed by atoms with Gasteiger partial charge in [0.2, 0.25) is 11.8 Å². The molecule has 0 radical (unpaired) electrons. The fourth-order valence-electron chi connectivity index (χ4n) is 3.18. The van der Waals surface area contributed by atoms with E-state index >= 15 is 0 Å². The topological polar surface area (TPSA) is 66.0 Å². The number of anilines is 1. The summed E-state index contributed by atoms with van der Waals surface area (Å²) >= 11 is 0. The van der Waals surface area contributed by atoms with Crippen LogP contribution >= 0.6 is 0 Å². The Bertz CT molecular complexity index is 797. The first kappa shape index (κ1) is 18.8. The SMILES string of the molecule is COc1ccccc1N1CCN(C(=O)CN(C)Cc2ccncc2)CC1=O. The average molecular weight is 368 g/mol. The third-order valence-corrected chi connectivity index (χ3v) is 4.56. The number of pyridine rings is 1. The van der Waals surface area contributed by atoms with E-state index in [0.717, 1.165) is 11.3 Å². The standard InChI is InChI=1S/C20H24N4O3/c1-22(13-16-7-9-21-10-8-16)14-19(25)23-11-12-24(20(26)15-23)17-5-3-4-6-18(17)27-2/h3-10H,11-15H2,1-2H3. The number of carbonyl (C=O) groups excluding carboxylic acids is 2. The molecule has 1 aliphatic heterocycles. The van der Waals surface area contributed by atoms with Crippen molar-refractivity contribution < 1.29 is 14.3 Å². The van der Waals surface area contributed by atoms with E-state index in [0.29, 0.717) is 25.4 Å². The maximum atomic E-state index is 12.6. The summed E-state index contributed by atoms with van der Waals surface area (Å²) < 4.78 is 5.34. The number of rotatable bonds is 6. The van der Waals surface area contributed by atoms with Crippen molar-refractivity contribution in [3.05, 3.63) is 54.4 Å². The van der Waals surface area contributed by atoms with Crippen LogP contribution in [0.1, 0.15) is 5.56 Å². The van der Waals surface area contributed by atoms with Gasteiger partial charge in [0.05, 0.1) is 19.3 Å². The van der Waals surface area contributed by atoms with Crippen LogP contribution in [0.4, 0.5) is 5.69 Å². The summed E-state index contributed by atoms with van der Waals surface area (Å²) in [6, 6.07) is 11.3. The van der Waals surface area contributed by atoms with Gasteiger partial charge in [0.15, 0.2) is 0 Å². The van der Waals surface area contributed by atoms with Crippen molar-refractivity contribution in [3.63, 3.8) is 0 Å². The van der Waals surface area contributed by atoms with Crippen LogP contribution in [0.5, 0.6) is 5.75 Å². The van der Waals surface area contributed by atoms with Gasteiger partial charge in [0.1, 0.15) is 12.3 Å². The second kappa shape index (κ2) is 8.64. The lowest BCUT2D eigenvalue weighted by atomic mass is 10.2. The first-order chi connectivity index (χ1) is 13.1. The van der Waals surface area contributed by atoms with E-state index in [-0.39, 0.29) is 24.9 Å². The molecule has 0 atom stereocenters. The molecule has 0 N–H and O–H groups in total. The summed E-state index contributed by atoms with van der Waals surface area (Å²) in [4.78, 5) is 34.4. The Hall–Kier alpha value is -2.93. The maximum Gasteiger partial charge on any atom is 0.246 e. The quantitative estimate of drug-likeness (QED) is 0.771. The molecule has 2 heterocycles. The second-order valence-electron chi connectivity index (χ2n) is 6.56. The smallest absolute Gasteiger partial charge is 0.246 e. The zero-order chi connectivity index (χ0) is 19.2. The lowest BCUT2D eigenvalue weighted by Gasteiger charge is -2.35. The highest BCUT2D eigenvalue weighted by atomic mass is 16.5. The minimum Gasteiger partial charge on any atom is -0.495 e. The third-order valence-electron chi connectivity index (χ3n) is 4.56. The van der Waals surface area contributed by atoms with Crippen LogP contribution in [0, 0.1) is 0 Å². The maximum absolute atomic E-state index is 12.6. The predicted octanol–water partition coefficient (Wildman–Crippen LogP) is 1.40. The van der Waals surface area contributed by atoms with Crippen molar-refractivity contribution in [1.29, 1.82) is 0 Å². The number of amides is 2. The highest BCUT2D eigenvalue weighted by molar-refractivity contribution is 5.99. The molecule has 0 aliphatic carbocycles. The van der Waals surface area contributed by atoms with Crippen LogP contribution in [0.3, 0.4) is 0 Å². The normalized spacial score (nSPS) is 14.6. The summed E-state index contributed by atoms with van der Waals surface area (Å²) in [5.74, 6) is 0.512. The highest BCUT2D eigenvalue weighted by Gasteiger charge is 2.29. The van der Waals surface area contributed by atoms with Crippen LogP contribution in [-0.4, -0.2) is 66.9 Å². The minimum atomic E-state index is -0.101. The van der Waals surface area contributed by atoms with Crippen molar-refractivity contribution >= 4 is 17.5 Å². The number of para-hydroxylation sites is 2. The Morgan fingerprint density at radius 1 is 1.19 bits per heavy atom. The van der Waals surface area contributed by atoms with Gasteiger partial charge in [-0.15, -0.1) is 0 Å². The zero-order valence-corrected chi connectivity index (χ0v) is 15.7. The summed E-state index contributed by atoms with van der Waals surface area (Å²) in [5.41, 5.74) is 1.84. The molecule has 3 rings (SSSR count). The molecule has 1 fully saturated rings. The molecule has 0 bridgehead atoms. The number of piperazine rings is 1. The number of aromatic nitrogens is 1. The molecular weight excluding hydrogens is 344 g/mol. The molecule has 0 unspecified atom stereocenters. The van der Waals surface area contributed by atoms with Crippen molar-refractivity contribution in [2.45, 2.75) is 6.54 Å². The fourth-order valence-corrected chi connectivity index (χ4v) is 3.18. The number of hydrogen-bond acceptors (Lipinski definition) is 5. The van der Waals surface area contributed by atoms with E-state index in [1.807, 2.05) is 48.3 Å². The van der Waals surface area contributed by atoms with Crippen molar-refractivity contribution in [2.24, 2.45) is 0 Å². The second-order valence-corrected chi connectivity index (χ2v) is 6.56. The van der Waals surface area contributed by atoms with Crippen LogP contribution < -0.4 is 9.64 Å². The number of ether oxygens (including phenoxy) is 1. The molecule has 0 saturated carbocycles. The number of nitrogens with zero attached hydrogens (tertiary/aromatic N) is 4. The predicted molar refractivity (Wildman–Crippen MR) is 102 cm³/mol. The van der Waals surface area contributed by atoms with Crippen molar-refractivity contribution in [1.82, 2.24) is 14.8 Å². The first-order valence-corrected chi connectivity index (χ1v) is 8.87. The molecule has 1 aromatic heterocycles. The molecule has 2 amide bonds. The molecule has 7 heteroatoms. The Balaban J connectivity index is 1.57. The van der Waals surface area contributed by atoms with Crippen molar-refractivity contribution in [3.8, 4) is 5.75 Å². The van der Waals surface area contributed by atoms with Gasteiger partial charge in [0.25, 0.3) is 0 Å². The average Bonchev–Trinajstić information content (AvgIpc) is 2.68. The number of likely N-dealkylation sites (N-methyl/N-ethyl adjacent to an activating group) is 1. The van der Waals surface area contributed by atoms with Crippen LogP contribution in [0.15, 0.2) is 48.8 Å². The van der Waals surface area contributed by atoms with Gasteiger partial charge in [-0.05, 0) is 36.9 Å². The van der Waals surface area contributed by atoms with E-state index in [2.05, 4.69) is 4.98 Å². The molecule has 142 valence electrons. The Morgan fingerprint density at radius 2 is 1.93 bits per heavy atom. The Morgan fingerprint density at radius 3 is 2.63 bits per heavy atom. The van der Waals surface area contributed by atoms with E-state index < -0.39 is 0 Å². The van der Waals surface area contributed by atoms with Gasteiger partial charge >= 0.3 is 0 Å². The largest absolute Gasteiger partial charge is 0.495 e.